The molecule has 0 unspecified atom stereocenters. The largest absolute Gasteiger partial charge is 0.465 e. The van der Waals surface area contributed by atoms with E-state index >= 15 is 0 Å². The first-order chi connectivity index (χ1) is 12.5. The van der Waals surface area contributed by atoms with Gasteiger partial charge in [-0.25, -0.2) is 9.59 Å². The Bertz CT molecular complexity index is 847. The predicted molar refractivity (Wildman–Crippen MR) is 101 cm³/mol. The van der Waals surface area contributed by atoms with Crippen LogP contribution >= 0.6 is 11.6 Å². The van der Waals surface area contributed by atoms with Crippen LogP contribution < -0.4 is 5.32 Å². The number of anilines is 1. The molecule has 2 amide bonds. The lowest BCUT2D eigenvalue weighted by Crippen LogP contribution is -2.44. The fraction of sp³-hybridized carbons (Fsp3) is 0.368. The first-order valence-electron chi connectivity index (χ1n) is 8.57. The van der Waals surface area contributed by atoms with Gasteiger partial charge in [0.2, 0.25) is 0 Å². The molecule has 0 spiro atoms. The monoisotopic (exact) mass is 375 g/mol. The van der Waals surface area contributed by atoms with E-state index in [1.165, 1.54) is 12.8 Å². The van der Waals surface area contributed by atoms with Crippen LogP contribution in [0.25, 0.3) is 0 Å². The Hall–Kier alpha value is -2.47. The zero-order valence-corrected chi connectivity index (χ0v) is 15.8. The smallest absolute Gasteiger partial charge is 0.339 e. The molecule has 0 aliphatic carbocycles. The third kappa shape index (κ3) is 3.29. The molecule has 1 aliphatic heterocycles. The van der Waals surface area contributed by atoms with Gasteiger partial charge in [-0.1, -0.05) is 18.5 Å². The number of ether oxygens (including phenoxy) is 1. The highest BCUT2D eigenvalue weighted by atomic mass is 35.5. The number of hydrogen-bond acceptors (Lipinski definition) is 3. The number of amides is 2. The first-order valence-corrected chi connectivity index (χ1v) is 8.95. The van der Waals surface area contributed by atoms with Crippen LogP contribution in [0.5, 0.6) is 0 Å². The van der Waals surface area contributed by atoms with Crippen molar-refractivity contribution in [3.05, 3.63) is 52.3 Å². The second-order valence-corrected chi connectivity index (χ2v) is 6.72. The lowest BCUT2D eigenvalue weighted by molar-refractivity contribution is 0.0602. The zero-order valence-electron chi connectivity index (χ0n) is 15.1. The van der Waals surface area contributed by atoms with Crippen molar-refractivity contribution >= 4 is 29.3 Å². The van der Waals surface area contributed by atoms with E-state index in [4.69, 9.17) is 16.3 Å². The average Bonchev–Trinajstić information content (AvgIpc) is 3.01. The average molecular weight is 376 g/mol. The second kappa shape index (κ2) is 7.41. The SMILES string of the molecule is CC[C@@H]1c2ccc(C)n2CCN1C(=O)Nc1cc(Cl)ccc1C(=O)OC. The molecular formula is C19H22ClN3O3. The van der Waals surface area contributed by atoms with E-state index in [9.17, 15) is 9.59 Å². The van der Waals surface area contributed by atoms with Crippen LogP contribution in [0.2, 0.25) is 5.02 Å². The number of fused-ring (bicyclic) bond motifs is 1. The van der Waals surface area contributed by atoms with Gasteiger partial charge in [0.25, 0.3) is 0 Å². The fourth-order valence-corrected chi connectivity index (χ4v) is 3.65. The van der Waals surface area contributed by atoms with Crippen molar-refractivity contribution in [2.45, 2.75) is 32.9 Å². The van der Waals surface area contributed by atoms with E-state index in [1.807, 2.05) is 0 Å². The molecular weight excluding hydrogens is 354 g/mol. The van der Waals surface area contributed by atoms with Gasteiger partial charge in [0.05, 0.1) is 24.4 Å². The Balaban J connectivity index is 1.87. The molecule has 0 bridgehead atoms. The van der Waals surface area contributed by atoms with E-state index in [1.54, 1.807) is 23.1 Å². The molecule has 1 aliphatic rings. The van der Waals surface area contributed by atoms with Crippen molar-refractivity contribution in [2.75, 3.05) is 19.0 Å². The van der Waals surface area contributed by atoms with Gasteiger partial charge in [-0.2, -0.15) is 0 Å². The number of methoxy groups -OCH3 is 1. The molecule has 3 rings (SSSR count). The highest BCUT2D eigenvalue weighted by Gasteiger charge is 2.31. The molecule has 0 saturated heterocycles. The number of aryl methyl sites for hydroxylation is 1. The van der Waals surface area contributed by atoms with Gasteiger partial charge >= 0.3 is 12.0 Å². The summed E-state index contributed by atoms with van der Waals surface area (Å²) in [5, 5.41) is 3.26. The second-order valence-electron chi connectivity index (χ2n) is 6.28. The van der Waals surface area contributed by atoms with Gasteiger partial charge in [0.15, 0.2) is 0 Å². The maximum Gasteiger partial charge on any atom is 0.339 e. The molecule has 2 aromatic rings. The van der Waals surface area contributed by atoms with Gasteiger partial charge < -0.3 is 19.5 Å². The first kappa shape index (κ1) is 18.3. The summed E-state index contributed by atoms with van der Waals surface area (Å²) in [6.45, 7) is 5.47. The summed E-state index contributed by atoms with van der Waals surface area (Å²) in [5.41, 5.74) is 2.95. The van der Waals surface area contributed by atoms with Crippen LogP contribution in [0.15, 0.2) is 30.3 Å². The number of carbonyl (C=O) groups is 2. The highest BCUT2D eigenvalue weighted by molar-refractivity contribution is 6.31. The van der Waals surface area contributed by atoms with E-state index in [0.29, 0.717) is 17.3 Å². The van der Waals surface area contributed by atoms with E-state index in [-0.39, 0.29) is 17.6 Å². The summed E-state index contributed by atoms with van der Waals surface area (Å²) in [6.07, 6.45) is 0.802. The molecule has 1 N–H and O–H groups in total. The minimum Gasteiger partial charge on any atom is -0.465 e. The molecule has 7 heteroatoms. The molecule has 138 valence electrons. The Kier molecular flexibility index (Phi) is 5.23. The van der Waals surface area contributed by atoms with Crippen LogP contribution in [0.4, 0.5) is 10.5 Å². The minimum absolute atomic E-state index is 0.0155. The number of urea groups is 1. The van der Waals surface area contributed by atoms with Crippen LogP contribution in [0, 0.1) is 6.92 Å². The molecule has 0 fully saturated rings. The number of benzene rings is 1. The van der Waals surface area contributed by atoms with Gasteiger partial charge in [0, 0.05) is 29.5 Å². The van der Waals surface area contributed by atoms with Gasteiger partial charge in [0.1, 0.15) is 0 Å². The Labute approximate surface area is 157 Å². The van der Waals surface area contributed by atoms with Crippen LogP contribution in [0.3, 0.4) is 0 Å². The minimum atomic E-state index is -0.521. The topological polar surface area (TPSA) is 63.6 Å². The normalized spacial score (nSPS) is 16.2. The number of carbonyl (C=O) groups excluding carboxylic acids is 2. The van der Waals surface area contributed by atoms with E-state index in [2.05, 4.69) is 35.9 Å². The molecule has 1 atom stereocenters. The number of rotatable bonds is 3. The van der Waals surface area contributed by atoms with E-state index in [0.717, 1.165) is 18.7 Å². The summed E-state index contributed by atoms with van der Waals surface area (Å²) in [7, 11) is 1.30. The summed E-state index contributed by atoms with van der Waals surface area (Å²) >= 11 is 6.04. The maximum absolute atomic E-state index is 12.9. The molecule has 0 radical (unpaired) electrons. The van der Waals surface area contributed by atoms with Crippen molar-refractivity contribution < 1.29 is 14.3 Å². The Morgan fingerprint density at radius 3 is 2.73 bits per heavy atom. The fourth-order valence-electron chi connectivity index (χ4n) is 3.48. The summed E-state index contributed by atoms with van der Waals surface area (Å²) in [4.78, 5) is 26.7. The number of halogens is 1. The number of nitrogens with one attached hydrogen (secondary N) is 1. The standard InChI is InChI=1S/C19H22ClN3O3/c1-4-16-17-8-5-12(2)22(17)9-10-23(16)19(25)21-15-11-13(20)6-7-14(15)18(24)26-3/h5-8,11,16H,4,9-10H2,1-3H3,(H,21,25)/t16-/m1/s1. The summed E-state index contributed by atoms with van der Waals surface area (Å²) in [5.74, 6) is -0.521. The third-order valence-electron chi connectivity index (χ3n) is 4.79. The zero-order chi connectivity index (χ0) is 18.8. The van der Waals surface area contributed by atoms with Gasteiger partial charge in [-0.3, -0.25) is 0 Å². The van der Waals surface area contributed by atoms with Crippen molar-refractivity contribution in [1.29, 1.82) is 0 Å². The van der Waals surface area contributed by atoms with Crippen molar-refractivity contribution in [2.24, 2.45) is 0 Å². The number of nitrogens with zero attached hydrogens (tertiary/aromatic N) is 2. The third-order valence-corrected chi connectivity index (χ3v) is 5.03. The quantitative estimate of drug-likeness (QED) is 0.816. The van der Waals surface area contributed by atoms with Gasteiger partial charge in [-0.15, -0.1) is 0 Å². The molecule has 1 aromatic carbocycles. The summed E-state index contributed by atoms with van der Waals surface area (Å²) in [6, 6.07) is 8.57. The molecule has 26 heavy (non-hydrogen) atoms. The maximum atomic E-state index is 12.9. The molecule has 1 aromatic heterocycles. The Morgan fingerprint density at radius 2 is 2.04 bits per heavy atom. The highest BCUT2D eigenvalue weighted by Crippen LogP contribution is 2.31. The molecule has 6 nitrogen and oxygen atoms in total. The van der Waals surface area contributed by atoms with Crippen LogP contribution in [-0.4, -0.2) is 35.1 Å². The van der Waals surface area contributed by atoms with Crippen LogP contribution in [0.1, 0.15) is 41.1 Å². The van der Waals surface area contributed by atoms with Gasteiger partial charge in [-0.05, 0) is 43.7 Å². The Morgan fingerprint density at radius 1 is 1.27 bits per heavy atom. The lowest BCUT2D eigenvalue weighted by atomic mass is 10.1. The number of aromatic nitrogens is 1. The van der Waals surface area contributed by atoms with Crippen molar-refractivity contribution in [3.8, 4) is 0 Å². The number of esters is 1. The molecule has 0 saturated carbocycles. The van der Waals surface area contributed by atoms with Crippen molar-refractivity contribution in [1.82, 2.24) is 9.47 Å². The summed E-state index contributed by atoms with van der Waals surface area (Å²) < 4.78 is 7.03. The van der Waals surface area contributed by atoms with Crippen molar-refractivity contribution in [3.63, 3.8) is 0 Å². The predicted octanol–water partition coefficient (Wildman–Crippen LogP) is 4.24. The molecule has 2 heterocycles. The van der Waals surface area contributed by atoms with Crippen LogP contribution in [-0.2, 0) is 11.3 Å². The lowest BCUT2D eigenvalue weighted by Gasteiger charge is -2.37. The number of hydrogen-bond donors (Lipinski definition) is 1. The van der Waals surface area contributed by atoms with E-state index < -0.39 is 5.97 Å².